The molecule has 4 nitrogen and oxygen atoms in total. The standard InChI is InChI=1S/C9H18N2O2/c1-5-3-4-6(10)8(11)7(5)9(12)13-2/h5-8H,3-4,10-11H2,1-2H3. The summed E-state index contributed by atoms with van der Waals surface area (Å²) in [5, 5.41) is 0. The lowest BCUT2D eigenvalue weighted by atomic mass is 9.75. The molecule has 4 heteroatoms. The average molecular weight is 186 g/mol. The van der Waals surface area contributed by atoms with Crippen LogP contribution in [0, 0.1) is 11.8 Å². The molecule has 0 heterocycles. The Morgan fingerprint density at radius 1 is 1.38 bits per heavy atom. The number of nitrogens with two attached hydrogens (primary N) is 2. The number of carbonyl (C=O) groups excluding carboxylic acids is 1. The van der Waals surface area contributed by atoms with Gasteiger partial charge in [0.15, 0.2) is 0 Å². The summed E-state index contributed by atoms with van der Waals surface area (Å²) >= 11 is 0. The van der Waals surface area contributed by atoms with Crippen LogP contribution >= 0.6 is 0 Å². The van der Waals surface area contributed by atoms with E-state index in [1.165, 1.54) is 7.11 Å². The SMILES string of the molecule is COC(=O)C1C(C)CCC(N)C1N. The van der Waals surface area contributed by atoms with E-state index in [-0.39, 0.29) is 29.9 Å². The number of carbonyl (C=O) groups is 1. The Balaban J connectivity index is 2.71. The Bertz CT molecular complexity index is 196. The highest BCUT2D eigenvalue weighted by molar-refractivity contribution is 5.73. The fraction of sp³-hybridized carbons (Fsp3) is 0.889. The van der Waals surface area contributed by atoms with Gasteiger partial charge in [0.25, 0.3) is 0 Å². The second kappa shape index (κ2) is 4.07. The van der Waals surface area contributed by atoms with Crippen molar-refractivity contribution >= 4 is 5.97 Å². The summed E-state index contributed by atoms with van der Waals surface area (Å²) in [4.78, 5) is 11.4. The fourth-order valence-corrected chi connectivity index (χ4v) is 2.00. The lowest BCUT2D eigenvalue weighted by Gasteiger charge is -2.36. The maximum Gasteiger partial charge on any atom is 0.310 e. The minimum atomic E-state index is -0.254. The summed E-state index contributed by atoms with van der Waals surface area (Å²) in [6, 6.07) is -0.323. The minimum Gasteiger partial charge on any atom is -0.469 e. The summed E-state index contributed by atoms with van der Waals surface area (Å²) in [6.45, 7) is 2.02. The quantitative estimate of drug-likeness (QED) is 0.559. The van der Waals surface area contributed by atoms with Gasteiger partial charge in [-0.1, -0.05) is 6.92 Å². The third-order valence-corrected chi connectivity index (χ3v) is 2.95. The summed E-state index contributed by atoms with van der Waals surface area (Å²) in [5.41, 5.74) is 11.7. The molecule has 4 N–H and O–H groups in total. The van der Waals surface area contributed by atoms with Gasteiger partial charge in [-0.3, -0.25) is 4.79 Å². The number of methoxy groups -OCH3 is 1. The van der Waals surface area contributed by atoms with E-state index in [1.54, 1.807) is 0 Å². The molecule has 4 unspecified atom stereocenters. The molecule has 0 aromatic carbocycles. The van der Waals surface area contributed by atoms with Crippen molar-refractivity contribution in [2.24, 2.45) is 23.3 Å². The van der Waals surface area contributed by atoms with Crippen LogP contribution in [0.1, 0.15) is 19.8 Å². The first-order chi connectivity index (χ1) is 6.07. The highest BCUT2D eigenvalue weighted by atomic mass is 16.5. The van der Waals surface area contributed by atoms with E-state index in [0.29, 0.717) is 0 Å². The predicted molar refractivity (Wildman–Crippen MR) is 49.9 cm³/mol. The lowest BCUT2D eigenvalue weighted by Crippen LogP contribution is -2.54. The number of rotatable bonds is 1. The zero-order valence-corrected chi connectivity index (χ0v) is 8.19. The van der Waals surface area contributed by atoms with E-state index in [4.69, 9.17) is 16.2 Å². The second-order valence-electron chi connectivity index (χ2n) is 3.84. The van der Waals surface area contributed by atoms with Gasteiger partial charge in [0, 0.05) is 12.1 Å². The van der Waals surface area contributed by atoms with E-state index in [2.05, 4.69) is 0 Å². The topological polar surface area (TPSA) is 78.3 Å². The Morgan fingerprint density at radius 3 is 2.54 bits per heavy atom. The van der Waals surface area contributed by atoms with Crippen LogP contribution in [-0.2, 0) is 9.53 Å². The van der Waals surface area contributed by atoms with E-state index in [1.807, 2.05) is 6.92 Å². The molecule has 0 spiro atoms. The minimum absolute atomic E-state index is 0.0692. The van der Waals surface area contributed by atoms with Crippen molar-refractivity contribution in [2.45, 2.75) is 31.8 Å². The number of hydrogen-bond acceptors (Lipinski definition) is 4. The van der Waals surface area contributed by atoms with Crippen LogP contribution in [0.4, 0.5) is 0 Å². The molecule has 1 aliphatic rings. The molecule has 1 fully saturated rings. The molecule has 13 heavy (non-hydrogen) atoms. The molecule has 0 aromatic rings. The van der Waals surface area contributed by atoms with E-state index in [0.717, 1.165) is 12.8 Å². The maximum absolute atomic E-state index is 11.4. The summed E-state index contributed by atoms with van der Waals surface area (Å²) in [6.07, 6.45) is 1.85. The lowest BCUT2D eigenvalue weighted by molar-refractivity contribution is -0.149. The average Bonchev–Trinajstić information content (AvgIpc) is 2.12. The summed E-state index contributed by atoms with van der Waals surface area (Å²) in [5.74, 6) is -0.175. The summed E-state index contributed by atoms with van der Waals surface area (Å²) < 4.78 is 4.70. The van der Waals surface area contributed by atoms with Crippen LogP contribution in [0.25, 0.3) is 0 Å². The highest BCUT2D eigenvalue weighted by Gasteiger charge is 2.38. The molecule has 0 aromatic heterocycles. The van der Waals surface area contributed by atoms with E-state index in [9.17, 15) is 4.79 Å². The van der Waals surface area contributed by atoms with Gasteiger partial charge in [-0.2, -0.15) is 0 Å². The molecule has 1 rings (SSSR count). The van der Waals surface area contributed by atoms with Crippen molar-refractivity contribution in [3.8, 4) is 0 Å². The number of ether oxygens (including phenoxy) is 1. The highest BCUT2D eigenvalue weighted by Crippen LogP contribution is 2.29. The second-order valence-corrected chi connectivity index (χ2v) is 3.84. The predicted octanol–water partition coefficient (Wildman–Crippen LogP) is -0.140. The third kappa shape index (κ3) is 2.00. The van der Waals surface area contributed by atoms with Crippen LogP contribution in [0.2, 0.25) is 0 Å². The van der Waals surface area contributed by atoms with Gasteiger partial charge in [0.1, 0.15) is 0 Å². The van der Waals surface area contributed by atoms with Gasteiger partial charge in [-0.25, -0.2) is 0 Å². The molecule has 1 aliphatic carbocycles. The summed E-state index contributed by atoms with van der Waals surface area (Å²) in [7, 11) is 1.39. The van der Waals surface area contributed by atoms with Crippen molar-refractivity contribution in [1.82, 2.24) is 0 Å². The normalized spacial score (nSPS) is 40.0. The van der Waals surface area contributed by atoms with Crippen molar-refractivity contribution in [3.63, 3.8) is 0 Å². The van der Waals surface area contributed by atoms with Crippen LogP contribution in [-0.4, -0.2) is 25.2 Å². The molecule has 4 atom stereocenters. The molecular weight excluding hydrogens is 168 g/mol. The first kappa shape index (κ1) is 10.5. The van der Waals surface area contributed by atoms with Gasteiger partial charge in [0.2, 0.25) is 0 Å². The number of hydrogen-bond donors (Lipinski definition) is 2. The van der Waals surface area contributed by atoms with Crippen LogP contribution in [0.5, 0.6) is 0 Å². The van der Waals surface area contributed by atoms with Gasteiger partial charge in [0.05, 0.1) is 13.0 Å². The number of esters is 1. The molecule has 0 saturated heterocycles. The van der Waals surface area contributed by atoms with Crippen LogP contribution in [0.3, 0.4) is 0 Å². The van der Waals surface area contributed by atoms with Crippen LogP contribution < -0.4 is 11.5 Å². The Labute approximate surface area is 78.6 Å². The van der Waals surface area contributed by atoms with Crippen molar-refractivity contribution in [2.75, 3.05) is 7.11 Å². The van der Waals surface area contributed by atoms with Crippen molar-refractivity contribution in [3.05, 3.63) is 0 Å². The first-order valence-corrected chi connectivity index (χ1v) is 4.67. The first-order valence-electron chi connectivity index (χ1n) is 4.67. The maximum atomic E-state index is 11.4. The Hall–Kier alpha value is -0.610. The Kier molecular flexibility index (Phi) is 3.27. The van der Waals surface area contributed by atoms with Gasteiger partial charge >= 0.3 is 5.97 Å². The van der Waals surface area contributed by atoms with Crippen molar-refractivity contribution < 1.29 is 9.53 Å². The van der Waals surface area contributed by atoms with Crippen molar-refractivity contribution in [1.29, 1.82) is 0 Å². The van der Waals surface area contributed by atoms with E-state index >= 15 is 0 Å². The Morgan fingerprint density at radius 2 is 2.00 bits per heavy atom. The van der Waals surface area contributed by atoms with Gasteiger partial charge < -0.3 is 16.2 Å². The van der Waals surface area contributed by atoms with Crippen LogP contribution in [0.15, 0.2) is 0 Å². The molecule has 76 valence electrons. The molecule has 0 aliphatic heterocycles. The fourth-order valence-electron chi connectivity index (χ4n) is 2.00. The largest absolute Gasteiger partial charge is 0.469 e. The van der Waals surface area contributed by atoms with Gasteiger partial charge in [-0.15, -0.1) is 0 Å². The molecule has 0 radical (unpaired) electrons. The monoisotopic (exact) mass is 186 g/mol. The molecular formula is C9H18N2O2. The van der Waals surface area contributed by atoms with E-state index < -0.39 is 0 Å². The van der Waals surface area contributed by atoms with Gasteiger partial charge in [-0.05, 0) is 18.8 Å². The zero-order chi connectivity index (χ0) is 10.0. The molecule has 1 saturated carbocycles. The third-order valence-electron chi connectivity index (χ3n) is 2.95. The molecule has 0 amide bonds. The smallest absolute Gasteiger partial charge is 0.310 e. The molecule has 0 bridgehead atoms. The zero-order valence-electron chi connectivity index (χ0n) is 8.19.